The summed E-state index contributed by atoms with van der Waals surface area (Å²) < 4.78 is 5.51. The molecule has 0 aliphatic carbocycles. The summed E-state index contributed by atoms with van der Waals surface area (Å²) in [5.41, 5.74) is 2.87. The fourth-order valence-corrected chi connectivity index (χ4v) is 4.99. The van der Waals surface area contributed by atoms with Crippen LogP contribution >= 0.6 is 0 Å². The van der Waals surface area contributed by atoms with E-state index in [4.69, 9.17) is 4.42 Å². The number of benzene rings is 3. The number of hydrogen-bond acceptors (Lipinski definition) is 2. The Kier molecular flexibility index (Phi) is 5.35. The van der Waals surface area contributed by atoms with Gasteiger partial charge in [-0.05, 0) is 16.8 Å². The van der Waals surface area contributed by atoms with Crippen molar-refractivity contribution in [3.63, 3.8) is 0 Å². The van der Waals surface area contributed by atoms with Crippen molar-refractivity contribution in [3.05, 3.63) is 94.3 Å². The van der Waals surface area contributed by atoms with E-state index in [9.17, 15) is 4.79 Å². The minimum Gasteiger partial charge on any atom is -0.423 e. The highest BCUT2D eigenvalue weighted by molar-refractivity contribution is 6.06. The summed E-state index contributed by atoms with van der Waals surface area (Å²) in [6.07, 6.45) is 2.63. The summed E-state index contributed by atoms with van der Waals surface area (Å²) in [6, 6.07) is 25.3. The SMILES string of the molecule is O=c1cc(C[NH2+]C[C@H](c2ccccc2)[NH+]2CCCC2)c2c(ccc3ccccc32)o1. The molecule has 30 heavy (non-hydrogen) atoms. The average molecular weight is 401 g/mol. The van der Waals surface area contributed by atoms with Gasteiger partial charge in [-0.15, -0.1) is 0 Å². The minimum atomic E-state index is -0.272. The number of fused-ring (bicyclic) bond motifs is 3. The Labute approximate surface area is 176 Å². The van der Waals surface area contributed by atoms with E-state index in [-0.39, 0.29) is 5.63 Å². The molecule has 4 nitrogen and oxygen atoms in total. The molecule has 2 heterocycles. The number of likely N-dealkylation sites (tertiary alicyclic amines) is 1. The first-order valence-electron chi connectivity index (χ1n) is 11.0. The molecule has 1 aliphatic heterocycles. The molecule has 1 fully saturated rings. The Balaban J connectivity index is 1.44. The molecule has 4 aromatic rings. The van der Waals surface area contributed by atoms with E-state index in [1.54, 1.807) is 11.0 Å². The van der Waals surface area contributed by atoms with Gasteiger partial charge in [0.1, 0.15) is 18.7 Å². The molecule has 3 aromatic carbocycles. The summed E-state index contributed by atoms with van der Waals surface area (Å²) in [4.78, 5) is 13.9. The van der Waals surface area contributed by atoms with Gasteiger partial charge in [-0.3, -0.25) is 0 Å². The van der Waals surface area contributed by atoms with Crippen molar-refractivity contribution in [2.75, 3.05) is 19.6 Å². The second-order valence-corrected chi connectivity index (χ2v) is 8.31. The Morgan fingerprint density at radius 1 is 0.933 bits per heavy atom. The van der Waals surface area contributed by atoms with Crippen molar-refractivity contribution >= 4 is 21.7 Å². The molecule has 0 saturated carbocycles. The predicted octanol–water partition coefficient (Wildman–Crippen LogP) is 2.43. The second-order valence-electron chi connectivity index (χ2n) is 8.31. The van der Waals surface area contributed by atoms with Crippen LogP contribution < -0.4 is 15.8 Å². The number of quaternary nitrogens is 2. The first-order valence-corrected chi connectivity index (χ1v) is 11.0. The molecule has 1 aliphatic rings. The quantitative estimate of drug-likeness (QED) is 0.386. The molecule has 0 bridgehead atoms. The lowest BCUT2D eigenvalue weighted by atomic mass is 10.0. The van der Waals surface area contributed by atoms with Gasteiger partial charge in [0.05, 0.1) is 13.1 Å². The van der Waals surface area contributed by atoms with Crippen molar-refractivity contribution in [2.24, 2.45) is 0 Å². The summed E-state index contributed by atoms with van der Waals surface area (Å²) in [5.74, 6) is 0. The highest BCUT2D eigenvalue weighted by atomic mass is 16.4. The molecule has 1 atom stereocenters. The molecule has 1 aromatic heterocycles. The average Bonchev–Trinajstić information content (AvgIpc) is 3.31. The van der Waals surface area contributed by atoms with Crippen LogP contribution in [0.1, 0.15) is 30.0 Å². The lowest BCUT2D eigenvalue weighted by molar-refractivity contribution is -0.935. The van der Waals surface area contributed by atoms with Crippen molar-refractivity contribution in [1.82, 2.24) is 0 Å². The smallest absolute Gasteiger partial charge is 0.336 e. The van der Waals surface area contributed by atoms with Gasteiger partial charge in [0.25, 0.3) is 0 Å². The van der Waals surface area contributed by atoms with Gasteiger partial charge in [-0.25, -0.2) is 4.79 Å². The molecule has 0 unspecified atom stereocenters. The van der Waals surface area contributed by atoms with E-state index in [1.807, 2.05) is 24.3 Å². The third-order valence-electron chi connectivity index (χ3n) is 6.42. The van der Waals surface area contributed by atoms with E-state index < -0.39 is 0 Å². The van der Waals surface area contributed by atoms with E-state index in [0.717, 1.165) is 29.4 Å². The largest absolute Gasteiger partial charge is 0.423 e. The van der Waals surface area contributed by atoms with Crippen LogP contribution in [0.5, 0.6) is 0 Å². The van der Waals surface area contributed by atoms with Crippen LogP contribution in [-0.4, -0.2) is 19.6 Å². The fraction of sp³-hybridized carbons (Fsp3) is 0.269. The topological polar surface area (TPSA) is 51.3 Å². The first-order chi connectivity index (χ1) is 14.8. The zero-order valence-electron chi connectivity index (χ0n) is 17.1. The second kappa shape index (κ2) is 8.42. The monoisotopic (exact) mass is 400 g/mol. The summed E-state index contributed by atoms with van der Waals surface area (Å²) in [7, 11) is 0. The van der Waals surface area contributed by atoms with Crippen LogP contribution in [0.25, 0.3) is 21.7 Å². The predicted molar refractivity (Wildman–Crippen MR) is 120 cm³/mol. The molecule has 0 spiro atoms. The molecule has 0 amide bonds. The maximum absolute atomic E-state index is 12.2. The molecular weight excluding hydrogens is 372 g/mol. The van der Waals surface area contributed by atoms with Crippen LogP contribution in [0, 0.1) is 0 Å². The minimum absolute atomic E-state index is 0.272. The van der Waals surface area contributed by atoms with Crippen molar-refractivity contribution in [2.45, 2.75) is 25.4 Å². The molecule has 1 saturated heterocycles. The Morgan fingerprint density at radius 3 is 2.53 bits per heavy atom. The van der Waals surface area contributed by atoms with Crippen LogP contribution in [-0.2, 0) is 6.54 Å². The molecule has 152 valence electrons. The summed E-state index contributed by atoms with van der Waals surface area (Å²) >= 11 is 0. The van der Waals surface area contributed by atoms with E-state index >= 15 is 0 Å². The third-order valence-corrected chi connectivity index (χ3v) is 6.42. The molecular formula is C26H28N2O2+2. The van der Waals surface area contributed by atoms with Crippen molar-refractivity contribution in [1.29, 1.82) is 0 Å². The third kappa shape index (κ3) is 3.76. The highest BCUT2D eigenvalue weighted by Crippen LogP contribution is 2.26. The van der Waals surface area contributed by atoms with Gasteiger partial charge in [-0.1, -0.05) is 60.7 Å². The molecule has 5 rings (SSSR count). The van der Waals surface area contributed by atoms with Gasteiger partial charge in [-0.2, -0.15) is 0 Å². The van der Waals surface area contributed by atoms with Gasteiger partial charge in [0.2, 0.25) is 0 Å². The molecule has 4 heteroatoms. The number of rotatable bonds is 6. The van der Waals surface area contributed by atoms with E-state index in [2.05, 4.69) is 47.8 Å². The zero-order chi connectivity index (χ0) is 20.3. The maximum Gasteiger partial charge on any atom is 0.336 e. The normalized spacial score (nSPS) is 15.7. The van der Waals surface area contributed by atoms with Gasteiger partial charge < -0.3 is 14.6 Å². The summed E-state index contributed by atoms with van der Waals surface area (Å²) in [6.45, 7) is 4.27. The number of hydrogen-bond donors (Lipinski definition) is 2. The van der Waals surface area contributed by atoms with Crippen molar-refractivity contribution < 1.29 is 14.6 Å². The van der Waals surface area contributed by atoms with Gasteiger partial charge >= 0.3 is 5.63 Å². The van der Waals surface area contributed by atoms with Crippen molar-refractivity contribution in [3.8, 4) is 0 Å². The molecule has 0 radical (unpaired) electrons. The Hall–Kier alpha value is -2.95. The van der Waals surface area contributed by atoms with Crippen LogP contribution in [0.2, 0.25) is 0 Å². The Bertz CT molecular complexity index is 1210. The first kappa shape index (κ1) is 19.0. The fourth-order valence-electron chi connectivity index (χ4n) is 4.99. The summed E-state index contributed by atoms with van der Waals surface area (Å²) in [5, 5.41) is 5.74. The van der Waals surface area contributed by atoms with Crippen LogP contribution in [0.3, 0.4) is 0 Å². The highest BCUT2D eigenvalue weighted by Gasteiger charge is 2.28. The molecule has 3 N–H and O–H groups in total. The van der Waals surface area contributed by atoms with E-state index in [0.29, 0.717) is 11.6 Å². The lowest BCUT2D eigenvalue weighted by Crippen LogP contribution is -3.13. The van der Waals surface area contributed by atoms with Crippen LogP contribution in [0.15, 0.2) is 82.0 Å². The van der Waals surface area contributed by atoms with Gasteiger partial charge in [0.15, 0.2) is 6.04 Å². The Morgan fingerprint density at radius 2 is 1.70 bits per heavy atom. The number of nitrogens with two attached hydrogens (primary N) is 1. The maximum atomic E-state index is 12.2. The van der Waals surface area contributed by atoms with E-state index in [1.165, 1.54) is 36.9 Å². The number of nitrogens with one attached hydrogen (secondary N) is 1. The van der Waals surface area contributed by atoms with Crippen LogP contribution in [0.4, 0.5) is 0 Å². The zero-order valence-corrected chi connectivity index (χ0v) is 17.1. The van der Waals surface area contributed by atoms with Gasteiger partial charge in [0, 0.05) is 35.4 Å². The standard InChI is InChI=1S/C26H26N2O2/c29-25-16-21(26-22-11-5-4-8-19(22)12-13-24(26)30-25)17-27-18-23(28-14-6-7-15-28)20-9-2-1-3-10-20/h1-5,8-13,16,23,27H,6-7,14-15,17-18H2/p+2/t23-/m1/s1. The lowest BCUT2D eigenvalue weighted by Gasteiger charge is -2.23.